The van der Waals surface area contributed by atoms with Gasteiger partial charge in [-0.2, -0.15) is 0 Å². The molecule has 1 saturated heterocycles. The van der Waals surface area contributed by atoms with Crippen molar-refractivity contribution in [3.8, 4) is 0 Å². The summed E-state index contributed by atoms with van der Waals surface area (Å²) >= 11 is 0. The molecule has 0 bridgehead atoms. The second-order valence-electron chi connectivity index (χ2n) is 6.28. The van der Waals surface area contributed by atoms with E-state index in [1.807, 2.05) is 13.8 Å². The van der Waals surface area contributed by atoms with Crippen molar-refractivity contribution in [1.82, 2.24) is 0 Å². The topological polar surface area (TPSA) is 99.4 Å². The number of hydrogen-bond acceptors (Lipinski definition) is 6. The van der Waals surface area contributed by atoms with Gasteiger partial charge in [-0.25, -0.2) is 0 Å². The van der Waals surface area contributed by atoms with Gasteiger partial charge in [0.05, 0.1) is 12.7 Å². The van der Waals surface area contributed by atoms with Crippen LogP contribution in [0, 0.1) is 5.92 Å². The molecule has 1 unspecified atom stereocenters. The van der Waals surface area contributed by atoms with Gasteiger partial charge in [-0.3, -0.25) is 0 Å². The van der Waals surface area contributed by atoms with Gasteiger partial charge in [0, 0.05) is 0 Å². The zero-order valence-corrected chi connectivity index (χ0v) is 13.1. The van der Waals surface area contributed by atoms with E-state index in [2.05, 4.69) is 12.7 Å². The molecule has 0 aromatic carbocycles. The summed E-state index contributed by atoms with van der Waals surface area (Å²) in [5, 5.41) is 38.8. The van der Waals surface area contributed by atoms with Crippen molar-refractivity contribution < 1.29 is 29.9 Å². The molecule has 2 rings (SSSR count). The van der Waals surface area contributed by atoms with E-state index in [9.17, 15) is 20.4 Å². The Morgan fingerprint density at radius 2 is 2.00 bits per heavy atom. The molecule has 4 N–H and O–H groups in total. The van der Waals surface area contributed by atoms with Gasteiger partial charge in [0.15, 0.2) is 6.29 Å². The fourth-order valence-electron chi connectivity index (χ4n) is 2.91. The van der Waals surface area contributed by atoms with Crippen molar-refractivity contribution in [1.29, 1.82) is 0 Å². The van der Waals surface area contributed by atoms with E-state index in [0.717, 1.165) is 24.0 Å². The Bertz CT molecular complexity index is 432. The summed E-state index contributed by atoms with van der Waals surface area (Å²) in [4.78, 5) is 0. The first-order chi connectivity index (χ1) is 10.3. The van der Waals surface area contributed by atoms with Gasteiger partial charge in [0.2, 0.25) is 0 Å². The van der Waals surface area contributed by atoms with E-state index in [1.165, 1.54) is 0 Å². The lowest BCUT2D eigenvalue weighted by atomic mass is 9.84. The van der Waals surface area contributed by atoms with Crippen LogP contribution in [-0.2, 0) is 9.47 Å². The average Bonchev–Trinajstić information content (AvgIpc) is 2.49. The fourth-order valence-corrected chi connectivity index (χ4v) is 2.91. The van der Waals surface area contributed by atoms with E-state index >= 15 is 0 Å². The summed E-state index contributed by atoms with van der Waals surface area (Å²) in [5.41, 5.74) is 2.11. The fraction of sp³-hybridized carbons (Fsp3) is 0.750. The molecule has 22 heavy (non-hydrogen) atoms. The van der Waals surface area contributed by atoms with Crippen molar-refractivity contribution in [2.24, 2.45) is 5.92 Å². The van der Waals surface area contributed by atoms with Crippen LogP contribution in [0.3, 0.4) is 0 Å². The lowest BCUT2D eigenvalue weighted by Gasteiger charge is -2.42. The van der Waals surface area contributed by atoms with Gasteiger partial charge in [0.1, 0.15) is 24.4 Å². The minimum Gasteiger partial charge on any atom is -0.394 e. The van der Waals surface area contributed by atoms with E-state index in [4.69, 9.17) is 9.47 Å². The molecule has 0 aromatic rings. The van der Waals surface area contributed by atoms with Crippen LogP contribution in [0.2, 0.25) is 0 Å². The second-order valence-corrected chi connectivity index (χ2v) is 6.28. The normalized spacial score (nSPS) is 42.8. The molecular formula is C16H26O6. The zero-order valence-electron chi connectivity index (χ0n) is 13.1. The first-order valence-corrected chi connectivity index (χ1v) is 7.63. The van der Waals surface area contributed by atoms with Gasteiger partial charge < -0.3 is 29.9 Å². The monoisotopic (exact) mass is 314 g/mol. The van der Waals surface area contributed by atoms with Gasteiger partial charge in [-0.1, -0.05) is 18.2 Å². The number of ether oxygens (including phenoxy) is 2. The first kappa shape index (κ1) is 17.6. The smallest absolute Gasteiger partial charge is 0.187 e. The third kappa shape index (κ3) is 3.59. The molecule has 6 heteroatoms. The zero-order chi connectivity index (χ0) is 16.4. The van der Waals surface area contributed by atoms with Gasteiger partial charge >= 0.3 is 0 Å². The third-order valence-corrected chi connectivity index (χ3v) is 4.57. The average molecular weight is 314 g/mol. The summed E-state index contributed by atoms with van der Waals surface area (Å²) < 4.78 is 11.2. The number of allylic oxidation sites excluding steroid dienone is 2. The van der Waals surface area contributed by atoms with Crippen molar-refractivity contribution >= 4 is 0 Å². The van der Waals surface area contributed by atoms with Gasteiger partial charge in [-0.05, 0) is 38.2 Å². The van der Waals surface area contributed by atoms with Gasteiger partial charge in [0.25, 0.3) is 0 Å². The Kier molecular flexibility index (Phi) is 5.76. The quantitative estimate of drug-likeness (QED) is 0.550. The molecule has 1 aliphatic carbocycles. The molecule has 126 valence electrons. The second kappa shape index (κ2) is 7.21. The molecule has 0 saturated carbocycles. The molecule has 2 aliphatic rings. The van der Waals surface area contributed by atoms with Crippen molar-refractivity contribution in [2.75, 3.05) is 6.61 Å². The highest BCUT2D eigenvalue weighted by Gasteiger charge is 2.45. The summed E-state index contributed by atoms with van der Waals surface area (Å²) in [6.07, 6.45) is -2.72. The number of hydrogen-bond donors (Lipinski definition) is 4. The number of aliphatic hydroxyl groups excluding tert-OH is 4. The van der Waals surface area contributed by atoms with E-state index in [1.54, 1.807) is 0 Å². The predicted molar refractivity (Wildman–Crippen MR) is 79.9 cm³/mol. The predicted octanol–water partition coefficient (Wildman–Crippen LogP) is 0.104. The molecular weight excluding hydrogens is 288 g/mol. The summed E-state index contributed by atoms with van der Waals surface area (Å²) in [5.74, 6) is 0.304. The van der Waals surface area contributed by atoms with Crippen LogP contribution < -0.4 is 0 Å². The summed E-state index contributed by atoms with van der Waals surface area (Å²) in [7, 11) is 0. The molecule has 0 radical (unpaired) electrons. The number of aliphatic hydroxyl groups is 4. The van der Waals surface area contributed by atoms with Crippen LogP contribution in [0.5, 0.6) is 0 Å². The minimum atomic E-state index is -1.42. The molecule has 0 spiro atoms. The van der Waals surface area contributed by atoms with Crippen molar-refractivity contribution in [2.45, 2.75) is 63.5 Å². The molecule has 1 heterocycles. The molecule has 1 aliphatic heterocycles. The summed E-state index contributed by atoms with van der Waals surface area (Å²) in [6, 6.07) is 0. The molecule has 7 atom stereocenters. The van der Waals surface area contributed by atoms with Crippen LogP contribution >= 0.6 is 0 Å². The van der Waals surface area contributed by atoms with Gasteiger partial charge in [-0.15, -0.1) is 0 Å². The summed E-state index contributed by atoms with van der Waals surface area (Å²) in [6.45, 7) is 7.44. The molecule has 0 aromatic heterocycles. The third-order valence-electron chi connectivity index (χ3n) is 4.57. The van der Waals surface area contributed by atoms with E-state index in [-0.39, 0.29) is 6.10 Å². The van der Waals surface area contributed by atoms with Crippen LogP contribution in [0.15, 0.2) is 23.8 Å². The molecule has 6 nitrogen and oxygen atoms in total. The van der Waals surface area contributed by atoms with Crippen molar-refractivity contribution in [3.05, 3.63) is 23.8 Å². The minimum absolute atomic E-state index is 0.253. The largest absolute Gasteiger partial charge is 0.394 e. The first-order valence-electron chi connectivity index (χ1n) is 7.63. The number of rotatable bonds is 4. The van der Waals surface area contributed by atoms with E-state index < -0.39 is 37.3 Å². The Hall–Kier alpha value is -0.760. The maximum Gasteiger partial charge on any atom is 0.187 e. The van der Waals surface area contributed by atoms with Crippen LogP contribution in [0.4, 0.5) is 0 Å². The van der Waals surface area contributed by atoms with Crippen molar-refractivity contribution in [3.63, 3.8) is 0 Å². The van der Waals surface area contributed by atoms with E-state index in [0.29, 0.717) is 5.92 Å². The maximum absolute atomic E-state index is 10.0. The lowest BCUT2D eigenvalue weighted by Crippen LogP contribution is -2.59. The highest BCUT2D eigenvalue weighted by atomic mass is 16.7. The Balaban J connectivity index is 2.06. The van der Waals surface area contributed by atoms with Crippen LogP contribution in [0.25, 0.3) is 0 Å². The highest BCUT2D eigenvalue weighted by Crippen LogP contribution is 2.32. The van der Waals surface area contributed by atoms with Crippen LogP contribution in [-0.4, -0.2) is 63.8 Å². The Labute approximate surface area is 130 Å². The lowest BCUT2D eigenvalue weighted by molar-refractivity contribution is -0.309. The SMILES string of the molecule is C=C(C)[C@H]1CC=C(C)C(O[C@@H]2O[C@H](CO)[C@@H](O)[C@H](O)[C@H]2O)C1. The standard InChI is InChI=1S/C16H26O6/c1-8(2)10-5-4-9(3)11(6-10)21-16-15(20)14(19)13(18)12(7-17)22-16/h4,10-20H,1,5-7H2,2-3H3/t10-,11?,12+,13+,14-,15+,16+/m0/s1. The Morgan fingerprint density at radius 3 is 2.59 bits per heavy atom. The maximum atomic E-state index is 10.0. The molecule has 1 fully saturated rings. The Morgan fingerprint density at radius 1 is 1.32 bits per heavy atom. The highest BCUT2D eigenvalue weighted by molar-refractivity contribution is 5.15. The molecule has 0 amide bonds. The van der Waals surface area contributed by atoms with Crippen LogP contribution in [0.1, 0.15) is 26.7 Å².